The standard InChI is InChI=1S/C11H20N4S/c1-2-10-14-11(16-15-10)13-9-7-5-3-4-6-8(9)12/h8-9H,2-7,12H2,1H3,(H,13,14,15). The van der Waals surface area contributed by atoms with Gasteiger partial charge < -0.3 is 11.1 Å². The summed E-state index contributed by atoms with van der Waals surface area (Å²) in [6, 6.07) is 0.636. The molecular formula is C11H20N4S. The van der Waals surface area contributed by atoms with E-state index in [1.165, 1.54) is 30.8 Å². The number of nitrogens with zero attached hydrogens (tertiary/aromatic N) is 2. The van der Waals surface area contributed by atoms with Crippen LogP contribution in [0.15, 0.2) is 0 Å². The van der Waals surface area contributed by atoms with E-state index >= 15 is 0 Å². The second kappa shape index (κ2) is 5.59. The van der Waals surface area contributed by atoms with Crippen molar-refractivity contribution in [2.45, 2.75) is 57.5 Å². The van der Waals surface area contributed by atoms with Crippen molar-refractivity contribution in [3.8, 4) is 0 Å². The molecule has 0 aliphatic heterocycles. The quantitative estimate of drug-likeness (QED) is 0.795. The summed E-state index contributed by atoms with van der Waals surface area (Å²) in [6.45, 7) is 2.07. The van der Waals surface area contributed by atoms with E-state index < -0.39 is 0 Å². The number of aromatic nitrogens is 2. The van der Waals surface area contributed by atoms with Crippen molar-refractivity contribution in [3.63, 3.8) is 0 Å². The molecule has 0 amide bonds. The molecule has 1 saturated carbocycles. The van der Waals surface area contributed by atoms with Gasteiger partial charge in [0.25, 0.3) is 0 Å². The van der Waals surface area contributed by atoms with Crippen LogP contribution in [0.2, 0.25) is 0 Å². The Balaban J connectivity index is 1.96. The maximum atomic E-state index is 6.16. The van der Waals surface area contributed by atoms with Crippen molar-refractivity contribution in [1.82, 2.24) is 9.36 Å². The molecule has 3 N–H and O–H groups in total. The number of aryl methyl sites for hydroxylation is 1. The van der Waals surface area contributed by atoms with Gasteiger partial charge in [-0.2, -0.15) is 4.37 Å². The zero-order chi connectivity index (χ0) is 11.4. The predicted molar refractivity (Wildman–Crippen MR) is 67.8 cm³/mol. The number of nitrogens with one attached hydrogen (secondary N) is 1. The second-order valence-electron chi connectivity index (χ2n) is 4.42. The van der Waals surface area contributed by atoms with Crippen LogP contribution in [0, 0.1) is 0 Å². The molecule has 1 aromatic heterocycles. The second-order valence-corrected chi connectivity index (χ2v) is 5.17. The largest absolute Gasteiger partial charge is 0.356 e. The molecule has 1 aromatic rings. The number of hydrogen-bond acceptors (Lipinski definition) is 5. The van der Waals surface area contributed by atoms with Crippen molar-refractivity contribution >= 4 is 16.7 Å². The van der Waals surface area contributed by atoms with Crippen LogP contribution < -0.4 is 11.1 Å². The lowest BCUT2D eigenvalue weighted by Gasteiger charge is -2.21. The van der Waals surface area contributed by atoms with E-state index in [1.807, 2.05) is 0 Å². The Hall–Kier alpha value is -0.680. The molecule has 90 valence electrons. The van der Waals surface area contributed by atoms with E-state index in [-0.39, 0.29) is 6.04 Å². The Morgan fingerprint density at radius 3 is 2.94 bits per heavy atom. The molecule has 2 rings (SSSR count). The summed E-state index contributed by atoms with van der Waals surface area (Å²) in [7, 11) is 0. The average Bonchev–Trinajstić information content (AvgIpc) is 2.65. The maximum Gasteiger partial charge on any atom is 0.202 e. The van der Waals surface area contributed by atoms with Crippen molar-refractivity contribution in [1.29, 1.82) is 0 Å². The van der Waals surface area contributed by atoms with Crippen molar-refractivity contribution in [3.05, 3.63) is 5.82 Å². The fourth-order valence-electron chi connectivity index (χ4n) is 2.13. The summed E-state index contributed by atoms with van der Waals surface area (Å²) in [5, 5.41) is 4.38. The van der Waals surface area contributed by atoms with Crippen LogP contribution in [0.3, 0.4) is 0 Å². The van der Waals surface area contributed by atoms with Gasteiger partial charge in [0, 0.05) is 30.0 Å². The van der Waals surface area contributed by atoms with Gasteiger partial charge in [-0.25, -0.2) is 4.98 Å². The molecule has 0 aromatic carbocycles. The van der Waals surface area contributed by atoms with Crippen LogP contribution in [-0.4, -0.2) is 21.4 Å². The number of anilines is 1. The zero-order valence-electron chi connectivity index (χ0n) is 9.78. The molecule has 2 atom stereocenters. The monoisotopic (exact) mass is 240 g/mol. The fraction of sp³-hybridized carbons (Fsp3) is 0.818. The number of nitrogens with two attached hydrogens (primary N) is 1. The van der Waals surface area contributed by atoms with Gasteiger partial charge >= 0.3 is 0 Å². The van der Waals surface area contributed by atoms with Gasteiger partial charge in [-0.15, -0.1) is 0 Å². The summed E-state index contributed by atoms with van der Waals surface area (Å²) in [4.78, 5) is 4.43. The third-order valence-electron chi connectivity index (χ3n) is 3.16. The van der Waals surface area contributed by atoms with Gasteiger partial charge in [-0.1, -0.05) is 26.2 Å². The van der Waals surface area contributed by atoms with Gasteiger partial charge in [-0.05, 0) is 12.8 Å². The summed E-state index contributed by atoms with van der Waals surface area (Å²) in [6.07, 6.45) is 7.01. The highest BCUT2D eigenvalue weighted by Gasteiger charge is 2.21. The van der Waals surface area contributed by atoms with Gasteiger partial charge in [0.1, 0.15) is 5.82 Å². The molecule has 1 heterocycles. The fourth-order valence-corrected chi connectivity index (χ4v) is 2.84. The minimum Gasteiger partial charge on any atom is -0.356 e. The lowest BCUT2D eigenvalue weighted by Crippen LogP contribution is -2.39. The van der Waals surface area contributed by atoms with Crippen molar-refractivity contribution < 1.29 is 0 Å². The molecule has 1 aliphatic rings. The van der Waals surface area contributed by atoms with Crippen LogP contribution in [0.25, 0.3) is 0 Å². The first-order valence-electron chi connectivity index (χ1n) is 6.14. The number of hydrogen-bond donors (Lipinski definition) is 2. The van der Waals surface area contributed by atoms with Gasteiger partial charge in [0.05, 0.1) is 0 Å². The van der Waals surface area contributed by atoms with E-state index in [0.717, 1.165) is 30.2 Å². The lowest BCUT2D eigenvalue weighted by molar-refractivity contribution is 0.528. The first-order valence-corrected chi connectivity index (χ1v) is 6.91. The zero-order valence-corrected chi connectivity index (χ0v) is 10.6. The number of rotatable bonds is 3. The smallest absolute Gasteiger partial charge is 0.202 e. The lowest BCUT2D eigenvalue weighted by atomic mass is 10.0. The summed E-state index contributed by atoms with van der Waals surface area (Å²) in [5.41, 5.74) is 6.16. The Morgan fingerprint density at radius 1 is 1.38 bits per heavy atom. The maximum absolute atomic E-state index is 6.16. The molecule has 0 radical (unpaired) electrons. The van der Waals surface area contributed by atoms with Gasteiger partial charge in [0.2, 0.25) is 5.13 Å². The predicted octanol–water partition coefficient (Wildman–Crippen LogP) is 2.17. The Labute approximate surface area is 101 Å². The van der Waals surface area contributed by atoms with Crippen LogP contribution in [0.5, 0.6) is 0 Å². The van der Waals surface area contributed by atoms with Gasteiger partial charge in [0.15, 0.2) is 0 Å². The Morgan fingerprint density at radius 2 is 2.19 bits per heavy atom. The van der Waals surface area contributed by atoms with Crippen LogP contribution in [0.4, 0.5) is 5.13 Å². The van der Waals surface area contributed by atoms with E-state index in [1.54, 1.807) is 0 Å². The molecule has 1 fully saturated rings. The van der Waals surface area contributed by atoms with E-state index in [0.29, 0.717) is 6.04 Å². The molecular weight excluding hydrogens is 220 g/mol. The first-order chi connectivity index (χ1) is 7.79. The first kappa shape index (κ1) is 11.8. The third-order valence-corrected chi connectivity index (χ3v) is 3.85. The SMILES string of the molecule is CCc1nsc(NC2CCCCCC2N)n1. The highest BCUT2D eigenvalue weighted by atomic mass is 32.1. The third kappa shape index (κ3) is 2.92. The van der Waals surface area contributed by atoms with E-state index in [2.05, 4.69) is 21.6 Å². The average molecular weight is 240 g/mol. The summed E-state index contributed by atoms with van der Waals surface area (Å²) < 4.78 is 4.28. The Kier molecular flexibility index (Phi) is 4.12. The van der Waals surface area contributed by atoms with Crippen molar-refractivity contribution in [2.75, 3.05) is 5.32 Å². The summed E-state index contributed by atoms with van der Waals surface area (Å²) >= 11 is 1.45. The highest BCUT2D eigenvalue weighted by molar-refractivity contribution is 7.09. The highest BCUT2D eigenvalue weighted by Crippen LogP contribution is 2.21. The van der Waals surface area contributed by atoms with Crippen LogP contribution >= 0.6 is 11.5 Å². The molecule has 0 bridgehead atoms. The molecule has 0 spiro atoms. The molecule has 0 saturated heterocycles. The van der Waals surface area contributed by atoms with Crippen LogP contribution in [-0.2, 0) is 6.42 Å². The molecule has 16 heavy (non-hydrogen) atoms. The van der Waals surface area contributed by atoms with Crippen LogP contribution in [0.1, 0.15) is 44.9 Å². The topological polar surface area (TPSA) is 63.8 Å². The van der Waals surface area contributed by atoms with E-state index in [4.69, 9.17) is 5.73 Å². The summed E-state index contributed by atoms with van der Waals surface area (Å²) in [5.74, 6) is 0.926. The molecule has 1 aliphatic carbocycles. The molecule has 2 unspecified atom stereocenters. The van der Waals surface area contributed by atoms with Gasteiger partial charge in [-0.3, -0.25) is 0 Å². The van der Waals surface area contributed by atoms with Crippen molar-refractivity contribution in [2.24, 2.45) is 5.73 Å². The normalized spacial score (nSPS) is 26.4. The minimum absolute atomic E-state index is 0.261. The minimum atomic E-state index is 0.261. The molecule has 4 nitrogen and oxygen atoms in total. The Bertz CT molecular complexity index is 326. The van der Waals surface area contributed by atoms with E-state index in [9.17, 15) is 0 Å². The molecule has 5 heteroatoms.